The van der Waals surface area contributed by atoms with Crippen LogP contribution in [0.3, 0.4) is 0 Å². The van der Waals surface area contributed by atoms with Crippen LogP contribution in [0.1, 0.15) is 17.3 Å². The van der Waals surface area contributed by atoms with E-state index in [-0.39, 0.29) is 0 Å². The summed E-state index contributed by atoms with van der Waals surface area (Å²) in [5.41, 5.74) is 2.76. The molecule has 5 rings (SSSR count). The highest BCUT2D eigenvalue weighted by Crippen LogP contribution is 2.31. The molecule has 0 unspecified atom stereocenters. The molecular weight excluding hydrogens is 374 g/mol. The van der Waals surface area contributed by atoms with Crippen LogP contribution in [0, 0.1) is 0 Å². The number of fused-ring (bicyclic) bond motifs is 1. The average Bonchev–Trinajstić information content (AvgIpc) is 3.34. The van der Waals surface area contributed by atoms with Gasteiger partial charge in [-0.3, -0.25) is 4.79 Å². The van der Waals surface area contributed by atoms with Crippen molar-refractivity contribution in [3.8, 4) is 21.8 Å². The molecule has 1 aliphatic heterocycles. The molecule has 0 aliphatic carbocycles. The standard InChI is InChI=1S/C20H17N5O2S/c1-20(27)11-24(12-20)18-8-13(10-26)7-16(22-18)14-9-21-25-5-4-15(23-19(14)25)17-3-2-6-28-17/h2-10,27H,11-12H2,1H3. The Hall–Kier alpha value is -3.10. The summed E-state index contributed by atoms with van der Waals surface area (Å²) in [7, 11) is 0. The molecule has 1 fully saturated rings. The van der Waals surface area contributed by atoms with Gasteiger partial charge in [-0.15, -0.1) is 11.3 Å². The number of thiophene rings is 1. The van der Waals surface area contributed by atoms with E-state index in [0.29, 0.717) is 35.8 Å². The SMILES string of the molecule is CC1(O)CN(c2cc(C=O)cc(-c3cnn4ccc(-c5cccs5)nc34)n2)C1. The predicted octanol–water partition coefficient (Wildman–Crippen LogP) is 2.90. The second-order valence-electron chi connectivity index (χ2n) is 7.23. The predicted molar refractivity (Wildman–Crippen MR) is 108 cm³/mol. The molecule has 0 radical (unpaired) electrons. The fourth-order valence-corrected chi connectivity index (χ4v) is 4.15. The first-order valence-electron chi connectivity index (χ1n) is 8.86. The number of aromatic nitrogens is 4. The van der Waals surface area contributed by atoms with Gasteiger partial charge in [0, 0.05) is 24.8 Å². The van der Waals surface area contributed by atoms with Gasteiger partial charge in [0.1, 0.15) is 12.1 Å². The van der Waals surface area contributed by atoms with E-state index in [4.69, 9.17) is 9.97 Å². The van der Waals surface area contributed by atoms with Crippen molar-refractivity contribution in [1.29, 1.82) is 0 Å². The van der Waals surface area contributed by atoms with Gasteiger partial charge < -0.3 is 10.0 Å². The number of β-amino-alcohol motifs (C(OH)–C–C–N with tert-alkyl or cyclic N) is 1. The van der Waals surface area contributed by atoms with Gasteiger partial charge in [-0.2, -0.15) is 5.10 Å². The average molecular weight is 391 g/mol. The Morgan fingerprint density at radius 1 is 1.21 bits per heavy atom. The maximum Gasteiger partial charge on any atom is 0.165 e. The van der Waals surface area contributed by atoms with E-state index in [1.807, 2.05) is 34.7 Å². The van der Waals surface area contributed by atoms with E-state index in [2.05, 4.69) is 5.10 Å². The summed E-state index contributed by atoms with van der Waals surface area (Å²) in [6, 6.07) is 9.43. The Morgan fingerprint density at radius 2 is 2.07 bits per heavy atom. The minimum atomic E-state index is -0.722. The number of anilines is 1. The van der Waals surface area contributed by atoms with Crippen LogP contribution in [0.25, 0.3) is 27.5 Å². The molecule has 1 aliphatic rings. The fourth-order valence-electron chi connectivity index (χ4n) is 3.45. The Labute approximate surface area is 164 Å². The van der Waals surface area contributed by atoms with Crippen LogP contribution in [0.4, 0.5) is 5.82 Å². The van der Waals surface area contributed by atoms with Crippen LogP contribution in [0.2, 0.25) is 0 Å². The van der Waals surface area contributed by atoms with E-state index in [1.165, 1.54) is 0 Å². The molecule has 140 valence electrons. The van der Waals surface area contributed by atoms with Crippen molar-refractivity contribution in [1.82, 2.24) is 19.6 Å². The van der Waals surface area contributed by atoms with E-state index in [9.17, 15) is 9.90 Å². The minimum absolute atomic E-state index is 0.483. The fraction of sp³-hybridized carbons (Fsp3) is 0.200. The van der Waals surface area contributed by atoms with Crippen LogP contribution >= 0.6 is 11.3 Å². The van der Waals surface area contributed by atoms with Crippen molar-refractivity contribution in [3.63, 3.8) is 0 Å². The smallest absolute Gasteiger partial charge is 0.165 e. The van der Waals surface area contributed by atoms with Crippen LogP contribution in [0.15, 0.2) is 48.1 Å². The van der Waals surface area contributed by atoms with Gasteiger partial charge in [-0.1, -0.05) is 6.07 Å². The third-order valence-corrected chi connectivity index (χ3v) is 5.67. The van der Waals surface area contributed by atoms with Crippen molar-refractivity contribution >= 4 is 29.1 Å². The van der Waals surface area contributed by atoms with Gasteiger partial charge in [-0.05, 0) is 36.6 Å². The normalized spacial score (nSPS) is 15.6. The summed E-state index contributed by atoms with van der Waals surface area (Å²) >= 11 is 1.63. The molecule has 0 bridgehead atoms. The number of aliphatic hydroxyl groups is 1. The van der Waals surface area contributed by atoms with Crippen molar-refractivity contribution in [2.24, 2.45) is 0 Å². The third kappa shape index (κ3) is 2.87. The Bertz CT molecular complexity index is 1170. The molecule has 1 saturated heterocycles. The number of aldehydes is 1. The summed E-state index contributed by atoms with van der Waals surface area (Å²) in [6.45, 7) is 2.75. The lowest BCUT2D eigenvalue weighted by Gasteiger charge is -2.45. The highest BCUT2D eigenvalue weighted by atomic mass is 32.1. The number of rotatable bonds is 4. The van der Waals surface area contributed by atoms with Gasteiger partial charge >= 0.3 is 0 Å². The molecule has 4 aromatic rings. The minimum Gasteiger partial charge on any atom is -0.386 e. The largest absolute Gasteiger partial charge is 0.386 e. The zero-order chi connectivity index (χ0) is 19.3. The van der Waals surface area contributed by atoms with Crippen LogP contribution < -0.4 is 4.90 Å². The molecule has 8 heteroatoms. The van der Waals surface area contributed by atoms with Gasteiger partial charge in [-0.25, -0.2) is 14.5 Å². The van der Waals surface area contributed by atoms with Crippen molar-refractivity contribution < 1.29 is 9.90 Å². The lowest BCUT2D eigenvalue weighted by atomic mass is 9.97. The van der Waals surface area contributed by atoms with E-state index in [1.54, 1.807) is 41.1 Å². The summed E-state index contributed by atoms with van der Waals surface area (Å²) in [5.74, 6) is 0.667. The topological polar surface area (TPSA) is 83.6 Å². The molecule has 28 heavy (non-hydrogen) atoms. The van der Waals surface area contributed by atoms with Crippen LogP contribution in [0.5, 0.6) is 0 Å². The quantitative estimate of drug-likeness (QED) is 0.539. The number of carbonyl (C=O) groups excluding carboxylic acids is 1. The van der Waals surface area contributed by atoms with Crippen molar-refractivity contribution in [2.45, 2.75) is 12.5 Å². The summed E-state index contributed by atoms with van der Waals surface area (Å²) in [4.78, 5) is 24.0. The van der Waals surface area contributed by atoms with E-state index >= 15 is 0 Å². The zero-order valence-corrected chi connectivity index (χ0v) is 15.9. The summed E-state index contributed by atoms with van der Waals surface area (Å²) < 4.78 is 1.70. The molecule has 0 saturated carbocycles. The molecule has 0 spiro atoms. The highest BCUT2D eigenvalue weighted by Gasteiger charge is 2.37. The van der Waals surface area contributed by atoms with Crippen LogP contribution in [-0.2, 0) is 0 Å². The van der Waals surface area contributed by atoms with Gasteiger partial charge in [0.2, 0.25) is 0 Å². The van der Waals surface area contributed by atoms with Gasteiger partial charge in [0.25, 0.3) is 0 Å². The Balaban J connectivity index is 1.61. The number of hydrogen-bond donors (Lipinski definition) is 1. The molecule has 0 aromatic carbocycles. The molecule has 0 atom stereocenters. The lowest BCUT2D eigenvalue weighted by Crippen LogP contribution is -2.60. The second-order valence-corrected chi connectivity index (χ2v) is 8.18. The maximum atomic E-state index is 11.5. The number of carbonyl (C=O) groups is 1. The number of nitrogens with zero attached hydrogens (tertiary/aromatic N) is 5. The molecule has 4 aromatic heterocycles. The van der Waals surface area contributed by atoms with E-state index in [0.717, 1.165) is 22.4 Å². The first-order valence-corrected chi connectivity index (χ1v) is 9.74. The summed E-state index contributed by atoms with van der Waals surface area (Å²) in [6.07, 6.45) is 4.40. The highest BCUT2D eigenvalue weighted by molar-refractivity contribution is 7.13. The second kappa shape index (κ2) is 6.22. The first-order chi connectivity index (χ1) is 13.5. The monoisotopic (exact) mass is 391 g/mol. The Kier molecular flexibility index (Phi) is 3.78. The number of pyridine rings is 1. The first kappa shape index (κ1) is 17.0. The van der Waals surface area contributed by atoms with Gasteiger partial charge in [0.05, 0.1) is 33.6 Å². The molecule has 1 N–H and O–H groups in total. The van der Waals surface area contributed by atoms with Crippen molar-refractivity contribution in [3.05, 3.63) is 53.7 Å². The van der Waals surface area contributed by atoms with Crippen molar-refractivity contribution in [2.75, 3.05) is 18.0 Å². The molecule has 5 heterocycles. The lowest BCUT2D eigenvalue weighted by molar-refractivity contribution is 0.0305. The van der Waals surface area contributed by atoms with Crippen LogP contribution in [-0.4, -0.2) is 49.7 Å². The van der Waals surface area contributed by atoms with E-state index < -0.39 is 5.60 Å². The zero-order valence-electron chi connectivity index (χ0n) is 15.1. The third-order valence-electron chi connectivity index (χ3n) is 4.78. The van der Waals surface area contributed by atoms with Gasteiger partial charge in [0.15, 0.2) is 5.65 Å². The maximum absolute atomic E-state index is 11.5. The number of hydrogen-bond acceptors (Lipinski definition) is 7. The molecule has 7 nitrogen and oxygen atoms in total. The molecular formula is C20H17N5O2S. The Morgan fingerprint density at radius 3 is 2.79 bits per heavy atom. The summed E-state index contributed by atoms with van der Waals surface area (Å²) in [5, 5.41) is 16.4. The molecule has 0 amide bonds.